The average molecular weight is 323 g/mol. The Hall–Kier alpha value is -1.69. The molecule has 2 aromatic rings. The van der Waals surface area contributed by atoms with Gasteiger partial charge in [-0.1, -0.05) is 35.6 Å². The molecule has 0 fully saturated rings. The second-order valence-corrected chi connectivity index (χ2v) is 5.05. The summed E-state index contributed by atoms with van der Waals surface area (Å²) in [4.78, 5) is 0. The first-order valence-electron chi connectivity index (χ1n) is 6.41. The van der Waals surface area contributed by atoms with Crippen molar-refractivity contribution in [3.63, 3.8) is 0 Å². The summed E-state index contributed by atoms with van der Waals surface area (Å²) >= 11 is 11.3. The van der Waals surface area contributed by atoms with Gasteiger partial charge in [0.25, 0.3) is 0 Å². The summed E-state index contributed by atoms with van der Waals surface area (Å²) in [6, 6.07) is 12.2. The van der Waals surface area contributed by atoms with Gasteiger partial charge in [-0.25, -0.2) is 4.39 Å². The molecule has 0 N–H and O–H groups in total. The molecule has 0 aliphatic heterocycles. The van der Waals surface area contributed by atoms with Gasteiger partial charge in [0, 0.05) is 23.4 Å². The van der Waals surface area contributed by atoms with Crippen LogP contribution in [0.3, 0.4) is 0 Å². The van der Waals surface area contributed by atoms with Crippen LogP contribution >= 0.6 is 23.2 Å². The quantitative estimate of drug-likeness (QED) is 0.566. The van der Waals surface area contributed by atoms with Gasteiger partial charge in [-0.2, -0.15) is 0 Å². The highest BCUT2D eigenvalue weighted by Crippen LogP contribution is 2.20. The molecule has 0 heterocycles. The molecule has 0 saturated carbocycles. The monoisotopic (exact) mass is 322 g/mol. The summed E-state index contributed by atoms with van der Waals surface area (Å²) in [5.41, 5.74) is 1.31. The van der Waals surface area contributed by atoms with Crippen LogP contribution in [0.15, 0.2) is 42.5 Å². The second-order valence-electron chi connectivity index (χ2n) is 4.27. The minimum absolute atomic E-state index is 0.0982. The summed E-state index contributed by atoms with van der Waals surface area (Å²) < 4.78 is 19.2. The Kier molecular flexibility index (Phi) is 5.92. The highest BCUT2D eigenvalue weighted by Gasteiger charge is 2.06. The first-order valence-corrected chi connectivity index (χ1v) is 7.32. The van der Waals surface area contributed by atoms with Crippen LogP contribution in [0.1, 0.15) is 17.5 Å². The van der Waals surface area contributed by atoms with E-state index in [9.17, 15) is 4.39 Å². The number of rotatable bonds is 4. The number of hydrogen-bond acceptors (Lipinski definition) is 1. The fraction of sp³-hybridized carbons (Fsp3) is 0.176. The van der Waals surface area contributed by atoms with Crippen LogP contribution in [0.5, 0.6) is 5.75 Å². The predicted molar refractivity (Wildman–Crippen MR) is 84.4 cm³/mol. The Bertz CT molecular complexity index is 657. The van der Waals surface area contributed by atoms with Crippen LogP contribution < -0.4 is 4.74 Å². The van der Waals surface area contributed by atoms with Crippen molar-refractivity contribution < 1.29 is 9.13 Å². The molecule has 0 amide bonds. The molecule has 0 aliphatic carbocycles. The van der Waals surface area contributed by atoms with Crippen molar-refractivity contribution >= 4 is 23.2 Å². The fourth-order valence-corrected chi connectivity index (χ4v) is 1.96. The van der Waals surface area contributed by atoms with Crippen molar-refractivity contribution in [1.29, 1.82) is 0 Å². The van der Waals surface area contributed by atoms with E-state index >= 15 is 0 Å². The highest BCUT2D eigenvalue weighted by atomic mass is 35.5. The molecule has 21 heavy (non-hydrogen) atoms. The van der Waals surface area contributed by atoms with Crippen LogP contribution in [0.4, 0.5) is 4.39 Å². The van der Waals surface area contributed by atoms with E-state index in [1.165, 1.54) is 6.07 Å². The van der Waals surface area contributed by atoms with E-state index in [4.69, 9.17) is 27.9 Å². The number of ether oxygens (including phenoxy) is 1. The van der Waals surface area contributed by atoms with Crippen LogP contribution in [-0.4, -0.2) is 5.88 Å². The van der Waals surface area contributed by atoms with Gasteiger partial charge in [-0.05, 0) is 30.3 Å². The maximum atomic E-state index is 13.7. The van der Waals surface area contributed by atoms with Crippen molar-refractivity contribution in [3.05, 3.63) is 64.4 Å². The normalized spacial score (nSPS) is 9.86. The summed E-state index contributed by atoms with van der Waals surface area (Å²) in [7, 11) is 0. The molecule has 0 aromatic heterocycles. The van der Waals surface area contributed by atoms with Gasteiger partial charge in [0.15, 0.2) is 0 Å². The minimum atomic E-state index is -0.442. The third-order valence-electron chi connectivity index (χ3n) is 2.73. The van der Waals surface area contributed by atoms with E-state index < -0.39 is 5.82 Å². The second kappa shape index (κ2) is 7.93. The van der Waals surface area contributed by atoms with E-state index in [-0.39, 0.29) is 11.6 Å². The van der Waals surface area contributed by atoms with Crippen LogP contribution in [-0.2, 0) is 6.61 Å². The zero-order chi connectivity index (χ0) is 15.1. The smallest absolute Gasteiger partial charge is 0.148 e. The van der Waals surface area contributed by atoms with Crippen molar-refractivity contribution in [3.8, 4) is 17.6 Å². The predicted octanol–water partition coefficient (Wildman–Crippen LogP) is 5.04. The molecule has 0 unspecified atom stereocenters. The van der Waals surface area contributed by atoms with Crippen LogP contribution in [0.25, 0.3) is 0 Å². The maximum Gasteiger partial charge on any atom is 0.148 e. The van der Waals surface area contributed by atoms with E-state index in [0.29, 0.717) is 23.6 Å². The number of halogens is 3. The molecule has 0 aliphatic rings. The third-order valence-corrected chi connectivity index (χ3v) is 3.21. The third kappa shape index (κ3) is 4.67. The molecule has 0 atom stereocenters. The van der Waals surface area contributed by atoms with E-state index in [0.717, 1.165) is 5.56 Å². The van der Waals surface area contributed by atoms with Crippen molar-refractivity contribution in [2.75, 3.05) is 5.88 Å². The molecule has 0 spiro atoms. The molecular formula is C17H13Cl2FO. The first kappa shape index (κ1) is 15.7. The lowest BCUT2D eigenvalue weighted by atomic mass is 10.2. The van der Waals surface area contributed by atoms with E-state index in [1.54, 1.807) is 24.3 Å². The van der Waals surface area contributed by atoms with Gasteiger partial charge in [0.2, 0.25) is 0 Å². The van der Waals surface area contributed by atoms with Gasteiger partial charge in [-0.3, -0.25) is 0 Å². The van der Waals surface area contributed by atoms with Crippen LogP contribution in [0.2, 0.25) is 5.02 Å². The molecule has 2 rings (SSSR count). The Labute approximate surface area is 133 Å². The Morgan fingerprint density at radius 2 is 1.86 bits per heavy atom. The molecule has 0 radical (unpaired) electrons. The summed E-state index contributed by atoms with van der Waals surface area (Å²) in [5.74, 6) is 6.69. The van der Waals surface area contributed by atoms with Crippen molar-refractivity contribution in [1.82, 2.24) is 0 Å². The van der Waals surface area contributed by atoms with Gasteiger partial charge in [0.1, 0.15) is 18.2 Å². The first-order chi connectivity index (χ1) is 10.2. The van der Waals surface area contributed by atoms with Crippen molar-refractivity contribution in [2.24, 2.45) is 0 Å². The molecule has 1 nitrogen and oxygen atoms in total. The van der Waals surface area contributed by atoms with Crippen LogP contribution in [0, 0.1) is 17.7 Å². The van der Waals surface area contributed by atoms with Gasteiger partial charge in [-0.15, -0.1) is 11.6 Å². The molecule has 4 heteroatoms. The van der Waals surface area contributed by atoms with Crippen molar-refractivity contribution in [2.45, 2.75) is 13.0 Å². The highest BCUT2D eigenvalue weighted by molar-refractivity contribution is 6.30. The average Bonchev–Trinajstić information content (AvgIpc) is 2.50. The lowest BCUT2D eigenvalue weighted by molar-refractivity contribution is 0.300. The molecule has 2 aromatic carbocycles. The van der Waals surface area contributed by atoms with Gasteiger partial charge in [0.05, 0.1) is 5.02 Å². The zero-order valence-corrected chi connectivity index (χ0v) is 12.7. The summed E-state index contributed by atoms with van der Waals surface area (Å²) in [5, 5.41) is 0.0982. The lowest BCUT2D eigenvalue weighted by Crippen LogP contribution is -1.98. The number of alkyl halides is 1. The molecule has 108 valence electrons. The zero-order valence-electron chi connectivity index (χ0n) is 11.2. The molecular weight excluding hydrogens is 310 g/mol. The maximum absolute atomic E-state index is 13.7. The summed E-state index contributed by atoms with van der Waals surface area (Å²) in [6.45, 7) is 0.129. The number of hydrogen-bond donors (Lipinski definition) is 0. The molecule has 0 saturated heterocycles. The summed E-state index contributed by atoms with van der Waals surface area (Å²) in [6.07, 6.45) is 0.661. The Morgan fingerprint density at radius 1 is 1.10 bits per heavy atom. The SMILES string of the molecule is Fc1c(Cl)cccc1COc1ccc(C#CCCCl)cc1. The lowest BCUT2D eigenvalue weighted by Gasteiger charge is -2.07. The Morgan fingerprint density at radius 3 is 2.57 bits per heavy atom. The topological polar surface area (TPSA) is 9.23 Å². The number of benzene rings is 2. The van der Waals surface area contributed by atoms with E-state index in [1.807, 2.05) is 12.1 Å². The van der Waals surface area contributed by atoms with Gasteiger partial charge < -0.3 is 4.74 Å². The largest absolute Gasteiger partial charge is 0.489 e. The molecule has 0 bridgehead atoms. The minimum Gasteiger partial charge on any atom is -0.489 e. The standard InChI is InChI=1S/C17H13Cl2FO/c18-11-2-1-4-13-7-9-15(10-8-13)21-12-14-5-3-6-16(19)17(14)20/h3,5-10H,2,11-12H2. The van der Waals surface area contributed by atoms with E-state index in [2.05, 4.69) is 11.8 Å². The Balaban J connectivity index is 1.98. The van der Waals surface area contributed by atoms with Gasteiger partial charge >= 0.3 is 0 Å². The fourth-order valence-electron chi connectivity index (χ4n) is 1.67.